The summed E-state index contributed by atoms with van der Waals surface area (Å²) in [7, 11) is -3.55. The molecule has 1 heterocycles. The van der Waals surface area contributed by atoms with Crippen molar-refractivity contribution >= 4 is 32.2 Å². The lowest BCUT2D eigenvalue weighted by molar-refractivity contribution is -0.137. The number of nitrogens with zero attached hydrogens (tertiary/aromatic N) is 1. The van der Waals surface area contributed by atoms with Gasteiger partial charge in [0.05, 0.1) is 11.3 Å². The van der Waals surface area contributed by atoms with Crippen LogP contribution in [0.4, 0.5) is 18.3 Å². The Bertz CT molecular complexity index is 860. The zero-order valence-corrected chi connectivity index (χ0v) is 14.2. The lowest BCUT2D eigenvalue weighted by Gasteiger charge is -2.08. The fraction of sp³-hybridized carbons (Fsp3) is 0.286. The van der Waals surface area contributed by atoms with E-state index in [2.05, 4.69) is 10.3 Å². The van der Waals surface area contributed by atoms with Crippen LogP contribution < -0.4 is 5.32 Å². The molecule has 1 amide bonds. The number of rotatable bonds is 4. The van der Waals surface area contributed by atoms with Crippen LogP contribution in [0.3, 0.4) is 0 Å². The molecule has 0 aliphatic rings. The highest BCUT2D eigenvalue weighted by atomic mass is 32.2. The number of sulfone groups is 1. The van der Waals surface area contributed by atoms with Crippen molar-refractivity contribution in [3.05, 3.63) is 35.2 Å². The van der Waals surface area contributed by atoms with Crippen LogP contribution in [0.2, 0.25) is 0 Å². The molecular weight excluding hydrogens is 365 g/mol. The molecule has 0 bridgehead atoms. The number of aromatic nitrogens is 1. The van der Waals surface area contributed by atoms with Gasteiger partial charge in [-0.1, -0.05) is 12.1 Å². The van der Waals surface area contributed by atoms with Crippen LogP contribution in [0.25, 0.3) is 11.3 Å². The zero-order chi connectivity index (χ0) is 18.1. The van der Waals surface area contributed by atoms with Crippen LogP contribution >= 0.6 is 11.3 Å². The zero-order valence-electron chi connectivity index (χ0n) is 12.6. The molecule has 0 fully saturated rings. The molecule has 1 atom stereocenters. The number of thiazole rings is 1. The summed E-state index contributed by atoms with van der Waals surface area (Å²) in [6.07, 6.45) is -3.53. The molecule has 0 saturated carbocycles. The number of halogens is 3. The Morgan fingerprint density at radius 1 is 1.33 bits per heavy atom. The van der Waals surface area contributed by atoms with E-state index in [9.17, 15) is 26.4 Å². The van der Waals surface area contributed by atoms with Crippen LogP contribution in [-0.4, -0.2) is 30.8 Å². The highest BCUT2D eigenvalue weighted by molar-refractivity contribution is 7.92. The normalized spacial score (nSPS) is 13.5. The van der Waals surface area contributed by atoms with Crippen molar-refractivity contribution < 1.29 is 26.4 Å². The molecular formula is C14H13F3N2O3S2. The van der Waals surface area contributed by atoms with E-state index in [0.29, 0.717) is 0 Å². The van der Waals surface area contributed by atoms with Gasteiger partial charge in [0.15, 0.2) is 15.0 Å². The molecule has 0 radical (unpaired) electrons. The van der Waals surface area contributed by atoms with Crippen molar-refractivity contribution in [1.29, 1.82) is 0 Å². The number of nitrogens with one attached hydrogen (secondary N) is 1. The molecule has 2 aromatic rings. The SMILES string of the molecule is CC(C(=O)Nc1nc(-c2cccc(C(F)(F)F)c2)cs1)S(C)(=O)=O. The third-order valence-electron chi connectivity index (χ3n) is 3.23. The number of benzene rings is 1. The largest absolute Gasteiger partial charge is 0.416 e. The summed E-state index contributed by atoms with van der Waals surface area (Å²) in [5.41, 5.74) is -0.296. The van der Waals surface area contributed by atoms with Crippen LogP contribution in [0.5, 0.6) is 0 Å². The fourth-order valence-electron chi connectivity index (χ4n) is 1.72. The van der Waals surface area contributed by atoms with Gasteiger partial charge >= 0.3 is 6.18 Å². The lowest BCUT2D eigenvalue weighted by Crippen LogP contribution is -2.31. The van der Waals surface area contributed by atoms with Crippen molar-refractivity contribution in [2.24, 2.45) is 0 Å². The first-order valence-corrected chi connectivity index (χ1v) is 9.45. The van der Waals surface area contributed by atoms with Gasteiger partial charge in [0.1, 0.15) is 5.25 Å². The Morgan fingerprint density at radius 2 is 2.00 bits per heavy atom. The Balaban J connectivity index is 2.21. The smallest absolute Gasteiger partial charge is 0.301 e. The maximum absolute atomic E-state index is 12.7. The Kier molecular flexibility index (Phi) is 5.00. The molecule has 1 aromatic carbocycles. The van der Waals surface area contributed by atoms with Crippen molar-refractivity contribution in [2.75, 3.05) is 11.6 Å². The highest BCUT2D eigenvalue weighted by Gasteiger charge is 2.30. The van der Waals surface area contributed by atoms with Crippen LogP contribution in [0, 0.1) is 0 Å². The summed E-state index contributed by atoms with van der Waals surface area (Å²) >= 11 is 0.995. The quantitative estimate of drug-likeness (QED) is 0.886. The topological polar surface area (TPSA) is 76.1 Å². The second-order valence-electron chi connectivity index (χ2n) is 5.08. The van der Waals surface area contributed by atoms with E-state index in [1.807, 2.05) is 0 Å². The molecule has 0 aliphatic heterocycles. The van der Waals surface area contributed by atoms with Gasteiger partial charge in [-0.05, 0) is 19.1 Å². The van der Waals surface area contributed by atoms with Gasteiger partial charge in [0.25, 0.3) is 0 Å². The van der Waals surface area contributed by atoms with E-state index in [1.165, 1.54) is 24.4 Å². The van der Waals surface area contributed by atoms with Gasteiger partial charge in [0, 0.05) is 17.2 Å². The molecule has 0 aliphatic carbocycles. The molecule has 0 saturated heterocycles. The van der Waals surface area contributed by atoms with Crippen LogP contribution in [0.1, 0.15) is 12.5 Å². The molecule has 1 aromatic heterocycles. The second-order valence-corrected chi connectivity index (χ2v) is 8.30. The number of alkyl halides is 3. The van der Waals surface area contributed by atoms with Gasteiger partial charge in [-0.15, -0.1) is 11.3 Å². The predicted octanol–water partition coefficient (Wildman–Crippen LogP) is 3.20. The second kappa shape index (κ2) is 6.52. The van der Waals surface area contributed by atoms with E-state index in [-0.39, 0.29) is 16.4 Å². The Hall–Kier alpha value is -1.94. The minimum absolute atomic E-state index is 0.114. The first-order chi connectivity index (χ1) is 11.0. The van der Waals surface area contributed by atoms with E-state index in [0.717, 1.165) is 29.7 Å². The lowest BCUT2D eigenvalue weighted by atomic mass is 10.1. The van der Waals surface area contributed by atoms with Crippen molar-refractivity contribution in [2.45, 2.75) is 18.3 Å². The predicted molar refractivity (Wildman–Crippen MR) is 85.5 cm³/mol. The summed E-state index contributed by atoms with van der Waals surface area (Å²) in [4.78, 5) is 15.9. The minimum Gasteiger partial charge on any atom is -0.301 e. The van der Waals surface area contributed by atoms with E-state index < -0.39 is 32.7 Å². The average Bonchev–Trinajstić information content (AvgIpc) is 2.93. The summed E-state index contributed by atoms with van der Waals surface area (Å²) in [6, 6.07) is 4.64. The number of hydrogen-bond donors (Lipinski definition) is 1. The van der Waals surface area contributed by atoms with Crippen molar-refractivity contribution in [3.63, 3.8) is 0 Å². The maximum atomic E-state index is 12.7. The molecule has 5 nitrogen and oxygen atoms in total. The molecule has 1 N–H and O–H groups in total. The van der Waals surface area contributed by atoms with Gasteiger partial charge < -0.3 is 5.32 Å². The Labute approximate surface area is 140 Å². The van der Waals surface area contributed by atoms with Crippen LogP contribution in [0.15, 0.2) is 29.6 Å². The number of amides is 1. The molecule has 0 spiro atoms. The van der Waals surface area contributed by atoms with E-state index in [4.69, 9.17) is 0 Å². The number of carbonyl (C=O) groups excluding carboxylic acids is 1. The van der Waals surface area contributed by atoms with E-state index >= 15 is 0 Å². The highest BCUT2D eigenvalue weighted by Crippen LogP contribution is 2.33. The summed E-state index contributed by atoms with van der Waals surface area (Å²) in [6.45, 7) is 1.24. The number of carbonyl (C=O) groups is 1. The summed E-state index contributed by atoms with van der Waals surface area (Å²) in [5.74, 6) is -0.748. The number of hydrogen-bond acceptors (Lipinski definition) is 5. The van der Waals surface area contributed by atoms with Crippen molar-refractivity contribution in [3.8, 4) is 11.3 Å². The molecule has 2 rings (SSSR count). The maximum Gasteiger partial charge on any atom is 0.416 e. The molecule has 130 valence electrons. The first-order valence-electron chi connectivity index (χ1n) is 6.61. The Morgan fingerprint density at radius 3 is 2.58 bits per heavy atom. The van der Waals surface area contributed by atoms with Gasteiger partial charge in [-0.25, -0.2) is 13.4 Å². The summed E-state index contributed by atoms with van der Waals surface area (Å²) in [5, 5.41) is 2.70. The average molecular weight is 378 g/mol. The van der Waals surface area contributed by atoms with Gasteiger partial charge in [-0.3, -0.25) is 4.79 Å². The fourth-order valence-corrected chi connectivity index (χ4v) is 2.89. The third kappa shape index (κ3) is 4.32. The van der Waals surface area contributed by atoms with Crippen LogP contribution in [-0.2, 0) is 20.8 Å². The third-order valence-corrected chi connectivity index (χ3v) is 5.49. The van der Waals surface area contributed by atoms with Crippen molar-refractivity contribution in [1.82, 2.24) is 4.98 Å². The van der Waals surface area contributed by atoms with Gasteiger partial charge in [0.2, 0.25) is 5.91 Å². The van der Waals surface area contributed by atoms with Gasteiger partial charge in [-0.2, -0.15) is 13.2 Å². The first kappa shape index (κ1) is 18.4. The number of anilines is 1. The summed E-state index contributed by atoms with van der Waals surface area (Å²) < 4.78 is 60.9. The standard InChI is InChI=1S/C14H13F3N2O3S2/c1-8(24(2,21)22)12(20)19-13-18-11(7-23-13)9-4-3-5-10(6-9)14(15,16)17/h3-8H,1-2H3,(H,18,19,20). The molecule has 1 unspecified atom stereocenters. The minimum atomic E-state index is -4.46. The van der Waals surface area contributed by atoms with E-state index in [1.54, 1.807) is 0 Å². The molecule has 24 heavy (non-hydrogen) atoms. The molecule has 10 heteroatoms. The monoisotopic (exact) mass is 378 g/mol.